The van der Waals surface area contributed by atoms with E-state index in [0.29, 0.717) is 31.6 Å². The molecule has 1 aromatic carbocycles. The van der Waals surface area contributed by atoms with Gasteiger partial charge in [-0.05, 0) is 24.1 Å². The van der Waals surface area contributed by atoms with Crippen LogP contribution in [0.4, 0.5) is 0 Å². The molecule has 1 amide bonds. The Kier molecular flexibility index (Phi) is 5.94. The van der Waals surface area contributed by atoms with Crippen molar-refractivity contribution in [2.24, 2.45) is 5.73 Å². The lowest BCUT2D eigenvalue weighted by molar-refractivity contribution is 0.0953. The van der Waals surface area contributed by atoms with Gasteiger partial charge in [-0.2, -0.15) is 0 Å². The molecular formula is C12H19N3O3S. The molecule has 0 saturated heterocycles. The van der Waals surface area contributed by atoms with Crippen LogP contribution in [-0.2, 0) is 16.6 Å². The van der Waals surface area contributed by atoms with Gasteiger partial charge in [0.05, 0.1) is 6.26 Å². The van der Waals surface area contributed by atoms with E-state index >= 15 is 0 Å². The number of hydrogen-bond donors (Lipinski definition) is 3. The third-order valence-corrected chi connectivity index (χ3v) is 3.18. The molecule has 106 valence electrons. The van der Waals surface area contributed by atoms with Crippen molar-refractivity contribution in [2.75, 3.05) is 19.3 Å². The number of benzene rings is 1. The third-order valence-electron chi connectivity index (χ3n) is 2.46. The summed E-state index contributed by atoms with van der Waals surface area (Å²) in [6, 6.07) is 7.04. The second kappa shape index (κ2) is 7.22. The van der Waals surface area contributed by atoms with Crippen LogP contribution < -0.4 is 15.8 Å². The van der Waals surface area contributed by atoms with Crippen molar-refractivity contribution in [3.05, 3.63) is 35.4 Å². The molecule has 0 spiro atoms. The van der Waals surface area contributed by atoms with Gasteiger partial charge in [-0.3, -0.25) is 4.79 Å². The summed E-state index contributed by atoms with van der Waals surface area (Å²) in [5, 5.41) is 2.72. The Labute approximate surface area is 113 Å². The molecule has 0 aliphatic heterocycles. The molecule has 6 nitrogen and oxygen atoms in total. The molecule has 0 aliphatic carbocycles. The average molecular weight is 285 g/mol. The van der Waals surface area contributed by atoms with Crippen LogP contribution in [0.25, 0.3) is 0 Å². The van der Waals surface area contributed by atoms with Gasteiger partial charge >= 0.3 is 0 Å². The highest BCUT2D eigenvalue weighted by atomic mass is 32.2. The largest absolute Gasteiger partial charge is 0.352 e. The number of sulfonamides is 1. The lowest BCUT2D eigenvalue weighted by atomic mass is 10.1. The van der Waals surface area contributed by atoms with E-state index in [1.807, 2.05) is 0 Å². The molecular weight excluding hydrogens is 266 g/mol. The van der Waals surface area contributed by atoms with E-state index in [9.17, 15) is 13.2 Å². The van der Waals surface area contributed by atoms with E-state index in [1.54, 1.807) is 24.3 Å². The van der Waals surface area contributed by atoms with Crippen molar-refractivity contribution in [3.8, 4) is 0 Å². The van der Waals surface area contributed by atoms with E-state index in [-0.39, 0.29) is 5.91 Å². The topological polar surface area (TPSA) is 101 Å². The minimum atomic E-state index is -3.16. The average Bonchev–Trinajstić information content (AvgIpc) is 2.37. The number of carbonyl (C=O) groups is 1. The monoisotopic (exact) mass is 285 g/mol. The van der Waals surface area contributed by atoms with E-state index in [4.69, 9.17) is 5.73 Å². The number of amides is 1. The van der Waals surface area contributed by atoms with Crippen LogP contribution in [0.5, 0.6) is 0 Å². The van der Waals surface area contributed by atoms with Gasteiger partial charge in [-0.15, -0.1) is 0 Å². The molecule has 0 radical (unpaired) electrons. The van der Waals surface area contributed by atoms with Crippen LogP contribution in [0.1, 0.15) is 22.3 Å². The highest BCUT2D eigenvalue weighted by Crippen LogP contribution is 2.03. The SMILES string of the molecule is CS(=O)(=O)NCCCNC(=O)c1ccc(CN)cc1. The van der Waals surface area contributed by atoms with E-state index < -0.39 is 10.0 Å². The fourth-order valence-electron chi connectivity index (χ4n) is 1.44. The van der Waals surface area contributed by atoms with Crippen LogP contribution in [-0.4, -0.2) is 33.7 Å². The molecule has 0 heterocycles. The predicted molar refractivity (Wildman–Crippen MR) is 74.1 cm³/mol. The second-order valence-corrected chi connectivity index (χ2v) is 6.01. The maximum atomic E-state index is 11.7. The molecule has 0 unspecified atom stereocenters. The molecule has 19 heavy (non-hydrogen) atoms. The minimum absolute atomic E-state index is 0.178. The summed E-state index contributed by atoms with van der Waals surface area (Å²) in [6.45, 7) is 1.17. The van der Waals surface area contributed by atoms with Gasteiger partial charge < -0.3 is 11.1 Å². The van der Waals surface area contributed by atoms with Gasteiger partial charge in [0.2, 0.25) is 10.0 Å². The molecule has 0 atom stereocenters. The van der Waals surface area contributed by atoms with Crippen molar-refractivity contribution in [2.45, 2.75) is 13.0 Å². The van der Waals surface area contributed by atoms with E-state index in [0.717, 1.165) is 11.8 Å². The summed E-state index contributed by atoms with van der Waals surface area (Å²) in [6.07, 6.45) is 1.64. The van der Waals surface area contributed by atoms with Crippen molar-refractivity contribution in [3.63, 3.8) is 0 Å². The summed E-state index contributed by atoms with van der Waals surface area (Å²) in [4.78, 5) is 11.7. The van der Waals surface area contributed by atoms with Gasteiger partial charge in [-0.25, -0.2) is 13.1 Å². The molecule has 0 aliphatic rings. The number of nitrogens with one attached hydrogen (secondary N) is 2. The van der Waals surface area contributed by atoms with Gasteiger partial charge in [0, 0.05) is 25.2 Å². The Balaban J connectivity index is 2.31. The first-order valence-electron chi connectivity index (χ1n) is 5.94. The van der Waals surface area contributed by atoms with Crippen LogP contribution in [0.2, 0.25) is 0 Å². The number of carbonyl (C=O) groups excluding carboxylic acids is 1. The lowest BCUT2D eigenvalue weighted by Gasteiger charge is -2.06. The Morgan fingerprint density at radius 2 is 1.84 bits per heavy atom. The highest BCUT2D eigenvalue weighted by molar-refractivity contribution is 7.88. The first-order chi connectivity index (χ1) is 8.92. The predicted octanol–water partition coefficient (Wildman–Crippen LogP) is -0.186. The van der Waals surface area contributed by atoms with Crippen LogP contribution in [0, 0.1) is 0 Å². The molecule has 0 fully saturated rings. The van der Waals surface area contributed by atoms with Crippen LogP contribution >= 0.6 is 0 Å². The van der Waals surface area contributed by atoms with E-state index in [2.05, 4.69) is 10.0 Å². The summed E-state index contributed by atoms with van der Waals surface area (Å²) in [7, 11) is -3.16. The normalized spacial score (nSPS) is 11.3. The maximum Gasteiger partial charge on any atom is 0.251 e. The molecule has 0 aromatic heterocycles. The smallest absolute Gasteiger partial charge is 0.251 e. The molecule has 0 saturated carbocycles. The Morgan fingerprint density at radius 1 is 1.21 bits per heavy atom. The van der Waals surface area contributed by atoms with Crippen molar-refractivity contribution in [1.29, 1.82) is 0 Å². The standard InChI is InChI=1S/C12H19N3O3S/c1-19(17,18)15-8-2-7-14-12(16)11-5-3-10(9-13)4-6-11/h3-6,15H,2,7-9,13H2,1H3,(H,14,16). The quantitative estimate of drug-likeness (QED) is 0.605. The highest BCUT2D eigenvalue weighted by Gasteiger charge is 2.04. The van der Waals surface area contributed by atoms with Gasteiger partial charge in [-0.1, -0.05) is 12.1 Å². The lowest BCUT2D eigenvalue weighted by Crippen LogP contribution is -2.29. The number of hydrogen-bond acceptors (Lipinski definition) is 4. The van der Waals surface area contributed by atoms with Crippen molar-refractivity contribution in [1.82, 2.24) is 10.0 Å². The van der Waals surface area contributed by atoms with Gasteiger partial charge in [0.25, 0.3) is 5.91 Å². The first-order valence-corrected chi connectivity index (χ1v) is 7.83. The van der Waals surface area contributed by atoms with E-state index in [1.165, 1.54) is 0 Å². The zero-order valence-electron chi connectivity index (χ0n) is 10.8. The van der Waals surface area contributed by atoms with Gasteiger partial charge in [0.15, 0.2) is 0 Å². The molecule has 0 bridgehead atoms. The minimum Gasteiger partial charge on any atom is -0.352 e. The Morgan fingerprint density at radius 3 is 2.37 bits per heavy atom. The van der Waals surface area contributed by atoms with Crippen molar-refractivity contribution >= 4 is 15.9 Å². The summed E-state index contributed by atoms with van der Waals surface area (Å²) < 4.78 is 24.0. The fraction of sp³-hybridized carbons (Fsp3) is 0.417. The number of rotatable bonds is 7. The Bertz CT molecular complexity index is 512. The first kappa shape index (κ1) is 15.6. The Hall–Kier alpha value is -1.44. The summed E-state index contributed by atoms with van der Waals surface area (Å²) in [5.41, 5.74) is 7.00. The zero-order chi connectivity index (χ0) is 14.3. The maximum absolute atomic E-state index is 11.7. The fourth-order valence-corrected chi connectivity index (χ4v) is 1.96. The number of nitrogens with two attached hydrogens (primary N) is 1. The summed E-state index contributed by atoms with van der Waals surface area (Å²) >= 11 is 0. The summed E-state index contributed by atoms with van der Waals surface area (Å²) in [5.74, 6) is -0.178. The molecule has 1 rings (SSSR count). The van der Waals surface area contributed by atoms with Gasteiger partial charge in [0.1, 0.15) is 0 Å². The zero-order valence-corrected chi connectivity index (χ0v) is 11.7. The molecule has 7 heteroatoms. The molecule has 1 aromatic rings. The van der Waals surface area contributed by atoms with Crippen LogP contribution in [0.15, 0.2) is 24.3 Å². The third kappa shape index (κ3) is 6.32. The van der Waals surface area contributed by atoms with Crippen molar-refractivity contribution < 1.29 is 13.2 Å². The second-order valence-electron chi connectivity index (χ2n) is 4.18. The van der Waals surface area contributed by atoms with Crippen LogP contribution in [0.3, 0.4) is 0 Å². The molecule has 4 N–H and O–H groups in total.